The van der Waals surface area contributed by atoms with Crippen LogP contribution in [0.25, 0.3) is 0 Å². The maximum atomic E-state index is 13.0. The van der Waals surface area contributed by atoms with Gasteiger partial charge in [0.25, 0.3) is 5.91 Å². The third kappa shape index (κ3) is 2.12. The van der Waals surface area contributed by atoms with Gasteiger partial charge < -0.3 is 5.32 Å². The van der Waals surface area contributed by atoms with Crippen molar-refractivity contribution in [2.45, 2.75) is 24.0 Å². The Morgan fingerprint density at radius 1 is 1.17 bits per heavy atom. The predicted molar refractivity (Wildman–Crippen MR) is 105 cm³/mol. The molecular weight excluding hydrogens is 435 g/mol. The van der Waals surface area contributed by atoms with Crippen molar-refractivity contribution in [2.24, 2.45) is 0 Å². The first-order chi connectivity index (χ1) is 11.4. The van der Waals surface area contributed by atoms with Gasteiger partial charge in [-0.2, -0.15) is 0 Å². The van der Waals surface area contributed by atoms with Gasteiger partial charge in [0.1, 0.15) is 0 Å². The summed E-state index contributed by atoms with van der Waals surface area (Å²) in [6.07, 6.45) is 0. The van der Waals surface area contributed by atoms with E-state index in [2.05, 4.69) is 27.9 Å². The zero-order valence-electron chi connectivity index (χ0n) is 13.2. The van der Waals surface area contributed by atoms with E-state index in [0.717, 1.165) is 26.1 Å². The van der Waals surface area contributed by atoms with Crippen molar-refractivity contribution in [3.63, 3.8) is 0 Å². The van der Waals surface area contributed by atoms with Crippen LogP contribution in [-0.2, 0) is 14.5 Å². The molecule has 2 aromatic rings. The van der Waals surface area contributed by atoms with Gasteiger partial charge in [-0.1, -0.05) is 17.7 Å². The Morgan fingerprint density at radius 3 is 2.58 bits per heavy atom. The first-order valence-corrected chi connectivity index (χ1v) is 9.59. The summed E-state index contributed by atoms with van der Waals surface area (Å²) in [5.41, 5.74) is 3.48. The first-order valence-electron chi connectivity index (χ1n) is 7.63. The maximum absolute atomic E-state index is 13.0. The van der Waals surface area contributed by atoms with Crippen LogP contribution in [0.1, 0.15) is 18.1 Å². The summed E-state index contributed by atoms with van der Waals surface area (Å²) in [5.74, 6) is -0.185. The van der Waals surface area contributed by atoms with Gasteiger partial charge in [-0.25, -0.2) is 0 Å². The number of nitrogens with zero attached hydrogens (tertiary/aromatic N) is 1. The van der Waals surface area contributed by atoms with Crippen LogP contribution < -0.4 is 10.2 Å². The standard InChI is InChI=1S/C18H15IN2O2S/c1-10-3-8-15-14(9-10)18(17(23)20-15)21(16(22)11(2)24-18)13-6-4-12(19)5-7-13/h3-9,11H,1-2H3,(H,20,23)/t11-,18+/m0/s1. The molecule has 2 heterocycles. The number of carbonyl (C=O) groups excluding carboxylic acids is 2. The molecule has 0 bridgehead atoms. The lowest BCUT2D eigenvalue weighted by atomic mass is 10.0. The first kappa shape index (κ1) is 16.0. The van der Waals surface area contributed by atoms with Crippen LogP contribution in [0.5, 0.6) is 0 Å². The Morgan fingerprint density at radius 2 is 1.88 bits per heavy atom. The Bertz CT molecular complexity index is 868. The van der Waals surface area contributed by atoms with Crippen molar-refractivity contribution in [1.82, 2.24) is 0 Å². The van der Waals surface area contributed by atoms with Gasteiger partial charge in [0.2, 0.25) is 10.8 Å². The summed E-state index contributed by atoms with van der Waals surface area (Å²) in [7, 11) is 0. The van der Waals surface area contributed by atoms with E-state index in [9.17, 15) is 9.59 Å². The molecule has 1 fully saturated rings. The summed E-state index contributed by atoms with van der Waals surface area (Å²) >= 11 is 3.64. The second-order valence-corrected chi connectivity index (χ2v) is 8.84. The van der Waals surface area contributed by atoms with E-state index in [-0.39, 0.29) is 17.1 Å². The quantitative estimate of drug-likeness (QED) is 0.672. The van der Waals surface area contributed by atoms with Crippen LogP contribution in [-0.4, -0.2) is 17.1 Å². The molecule has 0 radical (unpaired) electrons. The van der Waals surface area contributed by atoms with E-state index in [1.807, 2.05) is 56.3 Å². The van der Waals surface area contributed by atoms with E-state index < -0.39 is 4.87 Å². The number of thioether (sulfide) groups is 1. The van der Waals surface area contributed by atoms with Crippen molar-refractivity contribution in [1.29, 1.82) is 0 Å². The lowest BCUT2D eigenvalue weighted by Crippen LogP contribution is -2.47. The molecule has 0 saturated carbocycles. The van der Waals surface area contributed by atoms with Crippen LogP contribution in [0.15, 0.2) is 42.5 Å². The zero-order chi connectivity index (χ0) is 17.1. The third-order valence-corrected chi connectivity index (χ3v) is 6.61. The highest BCUT2D eigenvalue weighted by Crippen LogP contribution is 2.56. The molecule has 6 heteroatoms. The number of carbonyl (C=O) groups is 2. The van der Waals surface area contributed by atoms with E-state index in [1.54, 1.807) is 4.90 Å². The number of hydrogen-bond acceptors (Lipinski definition) is 3. The molecule has 2 aromatic carbocycles. The van der Waals surface area contributed by atoms with Crippen molar-refractivity contribution < 1.29 is 9.59 Å². The highest BCUT2D eigenvalue weighted by atomic mass is 127. The Balaban J connectivity index is 1.95. The summed E-state index contributed by atoms with van der Waals surface area (Å²) in [4.78, 5) is 26.5. The molecule has 4 rings (SSSR count). The minimum atomic E-state index is -1.02. The predicted octanol–water partition coefficient (Wildman–Crippen LogP) is 3.87. The number of amides is 2. The molecule has 2 aliphatic heterocycles. The van der Waals surface area contributed by atoms with Crippen molar-refractivity contribution in [3.05, 3.63) is 57.2 Å². The Labute approximate surface area is 158 Å². The molecule has 122 valence electrons. The van der Waals surface area contributed by atoms with Crippen LogP contribution >= 0.6 is 34.4 Å². The SMILES string of the molecule is Cc1ccc2c(c1)[C@@]1(S[C@@H](C)C(=O)N1c1ccc(I)cc1)C(=O)N2. The van der Waals surface area contributed by atoms with Gasteiger partial charge in [-0.3, -0.25) is 14.5 Å². The minimum Gasteiger partial charge on any atom is -0.323 e. The molecule has 2 atom stereocenters. The fourth-order valence-electron chi connectivity index (χ4n) is 3.31. The molecule has 4 nitrogen and oxygen atoms in total. The van der Waals surface area contributed by atoms with E-state index >= 15 is 0 Å². The van der Waals surface area contributed by atoms with Crippen LogP contribution in [0.2, 0.25) is 0 Å². The van der Waals surface area contributed by atoms with Crippen molar-refractivity contribution in [3.8, 4) is 0 Å². The maximum Gasteiger partial charge on any atom is 0.266 e. The number of fused-ring (bicyclic) bond motifs is 2. The topological polar surface area (TPSA) is 49.4 Å². The molecule has 0 aliphatic carbocycles. The van der Waals surface area contributed by atoms with Crippen LogP contribution in [0.4, 0.5) is 11.4 Å². The molecule has 24 heavy (non-hydrogen) atoms. The summed E-state index contributed by atoms with van der Waals surface area (Å²) in [6.45, 7) is 3.86. The average Bonchev–Trinajstić information content (AvgIpc) is 2.97. The molecule has 1 N–H and O–H groups in total. The highest BCUT2D eigenvalue weighted by Gasteiger charge is 2.60. The summed E-state index contributed by atoms with van der Waals surface area (Å²) in [5, 5.41) is 2.68. The van der Waals surface area contributed by atoms with Crippen molar-refractivity contribution >= 4 is 57.5 Å². The van der Waals surface area contributed by atoms with Gasteiger partial charge >= 0.3 is 0 Å². The molecule has 1 saturated heterocycles. The Hall–Kier alpha value is -1.54. The van der Waals surface area contributed by atoms with Gasteiger partial charge in [-0.15, -0.1) is 11.8 Å². The van der Waals surface area contributed by atoms with Crippen molar-refractivity contribution in [2.75, 3.05) is 10.2 Å². The smallest absolute Gasteiger partial charge is 0.266 e. The van der Waals surface area contributed by atoms with Crippen LogP contribution in [0, 0.1) is 10.5 Å². The molecule has 0 aromatic heterocycles. The van der Waals surface area contributed by atoms with E-state index in [1.165, 1.54) is 11.8 Å². The lowest BCUT2D eigenvalue weighted by Gasteiger charge is -2.32. The van der Waals surface area contributed by atoms with E-state index in [0.29, 0.717) is 0 Å². The Kier molecular flexibility index (Phi) is 3.65. The van der Waals surface area contributed by atoms with E-state index in [4.69, 9.17) is 0 Å². The second kappa shape index (κ2) is 5.49. The number of nitrogens with one attached hydrogen (secondary N) is 1. The average molecular weight is 450 g/mol. The number of benzene rings is 2. The van der Waals surface area contributed by atoms with Gasteiger partial charge in [0.05, 0.1) is 5.25 Å². The lowest BCUT2D eigenvalue weighted by molar-refractivity contribution is -0.122. The summed E-state index contributed by atoms with van der Waals surface area (Å²) in [6, 6.07) is 13.6. The van der Waals surface area contributed by atoms with Gasteiger partial charge in [-0.05, 0) is 66.8 Å². The zero-order valence-corrected chi connectivity index (χ0v) is 16.1. The number of hydrogen-bond donors (Lipinski definition) is 1. The summed E-state index contributed by atoms with van der Waals surface area (Å²) < 4.78 is 1.09. The highest BCUT2D eigenvalue weighted by molar-refractivity contribution is 14.1. The third-order valence-electron chi connectivity index (χ3n) is 4.41. The van der Waals surface area contributed by atoms with Crippen LogP contribution in [0.3, 0.4) is 0 Å². The van der Waals surface area contributed by atoms with Gasteiger partial charge in [0, 0.05) is 20.5 Å². The normalized spacial score (nSPS) is 25.3. The molecule has 2 aliphatic rings. The van der Waals surface area contributed by atoms with Gasteiger partial charge in [0.15, 0.2) is 0 Å². The molecule has 0 unspecified atom stereocenters. The number of halogens is 1. The molecular formula is C18H15IN2O2S. The number of aryl methyl sites for hydroxylation is 1. The second-order valence-electron chi connectivity index (χ2n) is 6.06. The number of anilines is 2. The fourth-order valence-corrected chi connectivity index (χ4v) is 5.14. The monoisotopic (exact) mass is 450 g/mol. The molecule has 1 spiro atoms. The fraction of sp³-hybridized carbons (Fsp3) is 0.222. The number of rotatable bonds is 1. The largest absolute Gasteiger partial charge is 0.323 e. The minimum absolute atomic E-state index is 0.0364. The molecule has 2 amide bonds.